The minimum atomic E-state index is -0.794. The second-order valence-electron chi connectivity index (χ2n) is 5.58. The lowest BCUT2D eigenvalue weighted by Gasteiger charge is -2.35. The molecule has 2 heterocycles. The van der Waals surface area contributed by atoms with Crippen LogP contribution in [0.2, 0.25) is 0 Å². The standard InChI is InChI=1S/C12H22N2O3/c1-8(2)12(3-4-13-7-12)11(17)14-5-9(15)10(16)6-14/h8-10,13,15-16H,3-7H2,1-2H3. The van der Waals surface area contributed by atoms with E-state index in [0.29, 0.717) is 6.54 Å². The number of β-amino-alcohol motifs (C(OH)–C–C–N with tert-alkyl or cyclic N) is 2. The first-order chi connectivity index (χ1) is 7.97. The molecular weight excluding hydrogens is 220 g/mol. The Morgan fingerprint density at radius 1 is 1.35 bits per heavy atom. The van der Waals surface area contributed by atoms with Crippen molar-refractivity contribution in [3.63, 3.8) is 0 Å². The zero-order chi connectivity index (χ0) is 12.6. The summed E-state index contributed by atoms with van der Waals surface area (Å²) in [5.41, 5.74) is -0.357. The minimum absolute atomic E-state index is 0.0769. The number of nitrogens with one attached hydrogen (secondary N) is 1. The molecule has 2 saturated heterocycles. The van der Waals surface area contributed by atoms with E-state index in [1.54, 1.807) is 4.90 Å². The smallest absolute Gasteiger partial charge is 0.230 e. The van der Waals surface area contributed by atoms with Crippen molar-refractivity contribution in [3.05, 3.63) is 0 Å². The van der Waals surface area contributed by atoms with Crippen molar-refractivity contribution in [2.75, 3.05) is 26.2 Å². The Morgan fingerprint density at radius 3 is 2.35 bits per heavy atom. The maximum absolute atomic E-state index is 12.6. The predicted octanol–water partition coefficient (Wildman–Crippen LogP) is -0.814. The molecule has 5 heteroatoms. The Balaban J connectivity index is 2.13. The number of rotatable bonds is 2. The lowest BCUT2D eigenvalue weighted by molar-refractivity contribution is -0.143. The number of amides is 1. The van der Waals surface area contributed by atoms with Crippen molar-refractivity contribution in [3.8, 4) is 0 Å². The molecule has 5 nitrogen and oxygen atoms in total. The summed E-state index contributed by atoms with van der Waals surface area (Å²) in [5.74, 6) is 0.341. The fraction of sp³-hybridized carbons (Fsp3) is 0.917. The molecule has 0 aromatic heterocycles. The summed E-state index contributed by atoms with van der Waals surface area (Å²) < 4.78 is 0. The second kappa shape index (κ2) is 4.55. The van der Waals surface area contributed by atoms with Gasteiger partial charge < -0.3 is 20.4 Å². The van der Waals surface area contributed by atoms with Crippen LogP contribution >= 0.6 is 0 Å². The van der Waals surface area contributed by atoms with Gasteiger partial charge in [0.05, 0.1) is 17.6 Å². The summed E-state index contributed by atoms with van der Waals surface area (Å²) in [6.07, 6.45) is -0.748. The molecule has 2 aliphatic heterocycles. The van der Waals surface area contributed by atoms with E-state index in [0.717, 1.165) is 13.0 Å². The average molecular weight is 242 g/mol. The zero-order valence-corrected chi connectivity index (χ0v) is 10.5. The van der Waals surface area contributed by atoms with Crippen molar-refractivity contribution >= 4 is 5.91 Å². The predicted molar refractivity (Wildman–Crippen MR) is 63.4 cm³/mol. The summed E-state index contributed by atoms with van der Waals surface area (Å²) in [7, 11) is 0. The highest BCUT2D eigenvalue weighted by Gasteiger charge is 2.48. The molecule has 3 N–H and O–H groups in total. The van der Waals surface area contributed by atoms with Gasteiger partial charge in [0.2, 0.25) is 5.91 Å². The van der Waals surface area contributed by atoms with E-state index in [-0.39, 0.29) is 30.3 Å². The van der Waals surface area contributed by atoms with E-state index in [1.807, 2.05) is 0 Å². The van der Waals surface area contributed by atoms with Gasteiger partial charge in [-0.3, -0.25) is 4.79 Å². The third-order valence-corrected chi connectivity index (χ3v) is 4.27. The number of aliphatic hydroxyl groups excluding tert-OH is 2. The average Bonchev–Trinajstić information content (AvgIpc) is 2.87. The molecule has 17 heavy (non-hydrogen) atoms. The molecule has 0 bridgehead atoms. The fourth-order valence-corrected chi connectivity index (χ4v) is 2.88. The molecule has 2 rings (SSSR count). The maximum atomic E-state index is 12.6. The summed E-state index contributed by atoms with van der Waals surface area (Å²) in [6.45, 7) is 6.21. The Kier molecular flexibility index (Phi) is 3.43. The van der Waals surface area contributed by atoms with Crippen molar-refractivity contribution in [2.24, 2.45) is 11.3 Å². The van der Waals surface area contributed by atoms with Crippen LogP contribution in [0, 0.1) is 11.3 Å². The van der Waals surface area contributed by atoms with Gasteiger partial charge in [-0.2, -0.15) is 0 Å². The highest BCUT2D eigenvalue weighted by Crippen LogP contribution is 2.37. The molecule has 0 aliphatic carbocycles. The van der Waals surface area contributed by atoms with Crippen molar-refractivity contribution < 1.29 is 15.0 Å². The van der Waals surface area contributed by atoms with Crippen LogP contribution in [0.4, 0.5) is 0 Å². The largest absolute Gasteiger partial charge is 0.388 e. The number of likely N-dealkylation sites (tertiary alicyclic amines) is 1. The van der Waals surface area contributed by atoms with E-state index in [1.165, 1.54) is 0 Å². The Bertz CT molecular complexity index is 290. The number of hydrogen-bond acceptors (Lipinski definition) is 4. The molecule has 2 fully saturated rings. The van der Waals surface area contributed by atoms with Crippen molar-refractivity contribution in [1.82, 2.24) is 10.2 Å². The number of aliphatic hydroxyl groups is 2. The SMILES string of the molecule is CC(C)C1(C(=O)N2CC(O)C(O)C2)CCNC1. The summed E-state index contributed by atoms with van der Waals surface area (Å²) in [5, 5.41) is 22.3. The quantitative estimate of drug-likeness (QED) is 0.592. The van der Waals surface area contributed by atoms with Gasteiger partial charge in [-0.05, 0) is 18.9 Å². The molecule has 0 aromatic carbocycles. The highest BCUT2D eigenvalue weighted by atomic mass is 16.3. The normalized spacial score (nSPS) is 38.1. The van der Waals surface area contributed by atoms with Gasteiger partial charge >= 0.3 is 0 Å². The molecule has 0 aromatic rings. The first-order valence-electron chi connectivity index (χ1n) is 6.33. The van der Waals surface area contributed by atoms with Crippen LogP contribution in [0.15, 0.2) is 0 Å². The van der Waals surface area contributed by atoms with Crippen LogP contribution in [0.1, 0.15) is 20.3 Å². The third-order valence-electron chi connectivity index (χ3n) is 4.27. The van der Waals surface area contributed by atoms with Crippen LogP contribution in [-0.2, 0) is 4.79 Å². The summed E-state index contributed by atoms with van der Waals surface area (Å²) >= 11 is 0. The van der Waals surface area contributed by atoms with Crippen LogP contribution in [0.25, 0.3) is 0 Å². The van der Waals surface area contributed by atoms with Crippen molar-refractivity contribution in [1.29, 1.82) is 0 Å². The van der Waals surface area contributed by atoms with Crippen molar-refractivity contribution in [2.45, 2.75) is 32.5 Å². The minimum Gasteiger partial charge on any atom is -0.388 e. The van der Waals surface area contributed by atoms with Crippen LogP contribution in [0.5, 0.6) is 0 Å². The van der Waals surface area contributed by atoms with E-state index < -0.39 is 12.2 Å². The Hall–Kier alpha value is -0.650. The lowest BCUT2D eigenvalue weighted by Crippen LogP contribution is -2.47. The van der Waals surface area contributed by atoms with Crippen LogP contribution in [0.3, 0.4) is 0 Å². The molecule has 3 unspecified atom stereocenters. The molecule has 3 atom stereocenters. The summed E-state index contributed by atoms with van der Waals surface area (Å²) in [6, 6.07) is 0. The molecule has 2 aliphatic rings. The third kappa shape index (κ3) is 2.07. The number of nitrogens with zero attached hydrogens (tertiary/aromatic N) is 1. The second-order valence-corrected chi connectivity index (χ2v) is 5.58. The van der Waals surface area contributed by atoms with E-state index in [2.05, 4.69) is 19.2 Å². The van der Waals surface area contributed by atoms with Gasteiger partial charge in [0.15, 0.2) is 0 Å². The molecule has 0 radical (unpaired) electrons. The highest BCUT2D eigenvalue weighted by molar-refractivity contribution is 5.84. The van der Waals surface area contributed by atoms with E-state index >= 15 is 0 Å². The molecule has 0 saturated carbocycles. The first-order valence-corrected chi connectivity index (χ1v) is 6.33. The van der Waals surface area contributed by atoms with Gasteiger partial charge in [-0.1, -0.05) is 13.8 Å². The molecule has 98 valence electrons. The molecular formula is C12H22N2O3. The van der Waals surface area contributed by atoms with Gasteiger partial charge in [0, 0.05) is 19.6 Å². The van der Waals surface area contributed by atoms with Gasteiger partial charge in [0.25, 0.3) is 0 Å². The van der Waals surface area contributed by atoms with Gasteiger partial charge in [-0.25, -0.2) is 0 Å². The fourth-order valence-electron chi connectivity index (χ4n) is 2.88. The van der Waals surface area contributed by atoms with Crippen LogP contribution in [-0.4, -0.2) is 59.4 Å². The molecule has 0 spiro atoms. The lowest BCUT2D eigenvalue weighted by atomic mass is 9.75. The monoisotopic (exact) mass is 242 g/mol. The number of hydrogen-bond donors (Lipinski definition) is 3. The number of carbonyl (C=O) groups excluding carboxylic acids is 1. The van der Waals surface area contributed by atoms with Gasteiger partial charge in [0.1, 0.15) is 0 Å². The summed E-state index contributed by atoms with van der Waals surface area (Å²) in [4.78, 5) is 14.2. The maximum Gasteiger partial charge on any atom is 0.230 e. The van der Waals surface area contributed by atoms with E-state index in [4.69, 9.17) is 0 Å². The molecule has 1 amide bonds. The van der Waals surface area contributed by atoms with Crippen LogP contribution < -0.4 is 5.32 Å². The zero-order valence-electron chi connectivity index (χ0n) is 10.5. The van der Waals surface area contributed by atoms with E-state index in [9.17, 15) is 15.0 Å². The number of carbonyl (C=O) groups is 1. The first kappa shape index (κ1) is 12.8. The van der Waals surface area contributed by atoms with Gasteiger partial charge in [-0.15, -0.1) is 0 Å². The Morgan fingerprint density at radius 2 is 1.94 bits per heavy atom. The topological polar surface area (TPSA) is 72.8 Å². The Labute approximate surface area is 102 Å².